The number of nitrogens with two attached hydrogens (primary N) is 1. The fourth-order valence-electron chi connectivity index (χ4n) is 1.77. The van der Waals surface area contributed by atoms with E-state index >= 15 is 0 Å². The van der Waals surface area contributed by atoms with Crippen LogP contribution in [-0.2, 0) is 6.18 Å². The number of hydrogen-bond acceptors (Lipinski definition) is 2. The van der Waals surface area contributed by atoms with Crippen LogP contribution in [0.5, 0.6) is 5.75 Å². The summed E-state index contributed by atoms with van der Waals surface area (Å²) >= 11 is 5.78. The minimum Gasteiger partial charge on any atom is -0.492 e. The monoisotopic (exact) mass is 287 g/mol. The lowest BCUT2D eigenvalue weighted by Crippen LogP contribution is -2.25. The standard InChI is InChI=1S/C10H9ClF3NO.ClH/c11-6-2-1-5(10(12,13)14)8-7(15)3-4-16-9(6)8;/h1-2,7H,3-4,15H2;1H/t7-;/m1./s1. The summed E-state index contributed by atoms with van der Waals surface area (Å²) in [5.41, 5.74) is 4.87. The molecule has 0 amide bonds. The molecule has 17 heavy (non-hydrogen) atoms. The first-order chi connectivity index (χ1) is 7.41. The average Bonchev–Trinajstić information content (AvgIpc) is 2.18. The van der Waals surface area contributed by atoms with Gasteiger partial charge in [0.2, 0.25) is 0 Å². The SMILES string of the molecule is Cl.N[C@@H]1CCOc2c(Cl)ccc(C(F)(F)F)c21. The molecule has 2 rings (SSSR count). The highest BCUT2D eigenvalue weighted by Gasteiger charge is 2.38. The zero-order valence-electron chi connectivity index (χ0n) is 8.55. The number of hydrogen-bond donors (Lipinski definition) is 1. The fourth-order valence-corrected chi connectivity index (χ4v) is 1.99. The second-order valence-corrected chi connectivity index (χ2v) is 3.99. The molecule has 0 fully saturated rings. The number of benzene rings is 1. The molecular weight excluding hydrogens is 278 g/mol. The Bertz CT molecular complexity index is 423. The molecular formula is C10H10Cl2F3NO. The van der Waals surface area contributed by atoms with Crippen LogP contribution in [0.3, 0.4) is 0 Å². The van der Waals surface area contributed by atoms with Gasteiger partial charge in [0.1, 0.15) is 5.75 Å². The quantitative estimate of drug-likeness (QED) is 0.792. The van der Waals surface area contributed by atoms with Crippen molar-refractivity contribution in [3.05, 3.63) is 28.3 Å². The molecule has 0 saturated heterocycles. The normalized spacial score (nSPS) is 19.0. The largest absolute Gasteiger partial charge is 0.492 e. The molecule has 1 aromatic carbocycles. The van der Waals surface area contributed by atoms with E-state index in [1.807, 2.05) is 0 Å². The zero-order valence-corrected chi connectivity index (χ0v) is 10.1. The summed E-state index contributed by atoms with van der Waals surface area (Å²) in [6.45, 7) is 0.287. The van der Waals surface area contributed by atoms with Crippen LogP contribution in [0, 0.1) is 0 Å². The van der Waals surface area contributed by atoms with Gasteiger partial charge in [-0.05, 0) is 12.1 Å². The third-order valence-electron chi connectivity index (χ3n) is 2.50. The van der Waals surface area contributed by atoms with Crippen molar-refractivity contribution < 1.29 is 17.9 Å². The van der Waals surface area contributed by atoms with Crippen LogP contribution in [0.1, 0.15) is 23.6 Å². The van der Waals surface area contributed by atoms with E-state index in [9.17, 15) is 13.2 Å². The van der Waals surface area contributed by atoms with Crippen molar-refractivity contribution >= 4 is 24.0 Å². The average molecular weight is 288 g/mol. The summed E-state index contributed by atoms with van der Waals surface area (Å²) < 4.78 is 43.3. The molecule has 7 heteroatoms. The van der Waals surface area contributed by atoms with Crippen LogP contribution >= 0.6 is 24.0 Å². The van der Waals surface area contributed by atoms with Crippen molar-refractivity contribution in [2.75, 3.05) is 6.61 Å². The van der Waals surface area contributed by atoms with E-state index < -0.39 is 17.8 Å². The van der Waals surface area contributed by atoms with Gasteiger partial charge in [-0.25, -0.2) is 0 Å². The highest BCUT2D eigenvalue weighted by atomic mass is 35.5. The smallest absolute Gasteiger partial charge is 0.416 e. The molecule has 2 N–H and O–H groups in total. The van der Waals surface area contributed by atoms with Crippen LogP contribution in [-0.4, -0.2) is 6.61 Å². The first kappa shape index (κ1) is 14.4. The van der Waals surface area contributed by atoms with Gasteiger partial charge in [0.25, 0.3) is 0 Å². The first-order valence-electron chi connectivity index (χ1n) is 4.69. The predicted molar refractivity (Wildman–Crippen MR) is 60.7 cm³/mol. The van der Waals surface area contributed by atoms with Gasteiger partial charge in [-0.1, -0.05) is 11.6 Å². The van der Waals surface area contributed by atoms with Crippen LogP contribution in [0.2, 0.25) is 5.02 Å². The molecule has 0 spiro atoms. The number of halogens is 5. The molecule has 1 heterocycles. The van der Waals surface area contributed by atoms with E-state index in [1.165, 1.54) is 6.07 Å². The first-order valence-corrected chi connectivity index (χ1v) is 5.07. The lowest BCUT2D eigenvalue weighted by atomic mass is 9.95. The van der Waals surface area contributed by atoms with E-state index in [0.29, 0.717) is 6.42 Å². The van der Waals surface area contributed by atoms with Gasteiger partial charge in [-0.3, -0.25) is 0 Å². The maximum atomic E-state index is 12.7. The van der Waals surface area contributed by atoms with Gasteiger partial charge >= 0.3 is 6.18 Å². The Hall–Kier alpha value is -0.650. The van der Waals surface area contributed by atoms with Gasteiger partial charge in [0.05, 0.1) is 17.2 Å². The minimum absolute atomic E-state index is 0. The summed E-state index contributed by atoms with van der Waals surface area (Å²) in [6, 6.07) is 1.44. The molecule has 0 unspecified atom stereocenters. The Labute approximate surface area is 107 Å². The third kappa shape index (κ3) is 2.61. The van der Waals surface area contributed by atoms with Crippen LogP contribution in [0.25, 0.3) is 0 Å². The lowest BCUT2D eigenvalue weighted by molar-refractivity contribution is -0.138. The Kier molecular flexibility index (Phi) is 4.17. The molecule has 1 aliphatic heterocycles. The number of rotatable bonds is 0. The second-order valence-electron chi connectivity index (χ2n) is 3.58. The third-order valence-corrected chi connectivity index (χ3v) is 2.80. The molecule has 1 aliphatic rings. The van der Waals surface area contributed by atoms with Crippen molar-refractivity contribution in [3.63, 3.8) is 0 Å². The summed E-state index contributed by atoms with van der Waals surface area (Å²) in [7, 11) is 0. The number of ether oxygens (including phenoxy) is 1. The van der Waals surface area contributed by atoms with E-state index in [2.05, 4.69) is 0 Å². The Morgan fingerprint density at radius 1 is 1.35 bits per heavy atom. The molecule has 2 nitrogen and oxygen atoms in total. The van der Waals surface area contributed by atoms with Gasteiger partial charge < -0.3 is 10.5 Å². The molecule has 1 aromatic rings. The molecule has 0 aliphatic carbocycles. The summed E-state index contributed by atoms with van der Waals surface area (Å²) in [5.74, 6) is 0.0650. The van der Waals surface area contributed by atoms with Gasteiger partial charge in [-0.2, -0.15) is 13.2 Å². The van der Waals surface area contributed by atoms with Crippen molar-refractivity contribution in [2.24, 2.45) is 5.73 Å². The van der Waals surface area contributed by atoms with Crippen molar-refractivity contribution in [1.82, 2.24) is 0 Å². The van der Waals surface area contributed by atoms with Crippen molar-refractivity contribution in [2.45, 2.75) is 18.6 Å². The zero-order chi connectivity index (χ0) is 11.9. The molecule has 0 saturated carbocycles. The van der Waals surface area contributed by atoms with Crippen LogP contribution in [0.4, 0.5) is 13.2 Å². The molecule has 0 bridgehead atoms. The number of alkyl halides is 3. The topological polar surface area (TPSA) is 35.2 Å². The summed E-state index contributed by atoms with van der Waals surface area (Å²) in [4.78, 5) is 0. The van der Waals surface area contributed by atoms with E-state index in [0.717, 1.165) is 6.07 Å². The van der Waals surface area contributed by atoms with Crippen LogP contribution in [0.15, 0.2) is 12.1 Å². The number of fused-ring (bicyclic) bond motifs is 1. The Morgan fingerprint density at radius 2 is 2.00 bits per heavy atom. The summed E-state index contributed by atoms with van der Waals surface area (Å²) in [6.07, 6.45) is -4.08. The lowest BCUT2D eigenvalue weighted by Gasteiger charge is -2.27. The molecule has 0 aromatic heterocycles. The molecule has 0 radical (unpaired) electrons. The van der Waals surface area contributed by atoms with Gasteiger partial charge in [0.15, 0.2) is 0 Å². The van der Waals surface area contributed by atoms with E-state index in [4.69, 9.17) is 22.1 Å². The second kappa shape index (κ2) is 4.92. The maximum Gasteiger partial charge on any atom is 0.416 e. The van der Waals surface area contributed by atoms with E-state index in [-0.39, 0.29) is 35.3 Å². The highest BCUT2D eigenvalue weighted by Crippen LogP contribution is 2.44. The maximum absolute atomic E-state index is 12.7. The summed E-state index contributed by atoms with van der Waals surface area (Å²) in [5, 5.41) is 0.165. The predicted octanol–water partition coefficient (Wildman–Crippen LogP) is 3.56. The molecule has 1 atom stereocenters. The van der Waals surface area contributed by atoms with Crippen molar-refractivity contribution in [1.29, 1.82) is 0 Å². The van der Waals surface area contributed by atoms with Gasteiger partial charge in [-0.15, -0.1) is 12.4 Å². The van der Waals surface area contributed by atoms with Crippen LogP contribution < -0.4 is 10.5 Å². The minimum atomic E-state index is -4.44. The Morgan fingerprint density at radius 3 is 2.59 bits per heavy atom. The van der Waals surface area contributed by atoms with Crippen molar-refractivity contribution in [3.8, 4) is 5.75 Å². The fraction of sp³-hybridized carbons (Fsp3) is 0.400. The van der Waals surface area contributed by atoms with E-state index in [1.54, 1.807) is 0 Å². The molecule has 96 valence electrons. The van der Waals surface area contributed by atoms with Gasteiger partial charge in [0, 0.05) is 18.0 Å². The highest BCUT2D eigenvalue weighted by molar-refractivity contribution is 6.32. The Balaban J connectivity index is 0.00000144.